The maximum absolute atomic E-state index is 11.4. The Labute approximate surface area is 123 Å². The van der Waals surface area contributed by atoms with Crippen LogP contribution in [0.2, 0.25) is 0 Å². The zero-order chi connectivity index (χ0) is 15.2. The van der Waals surface area contributed by atoms with Crippen molar-refractivity contribution in [3.05, 3.63) is 35.9 Å². The van der Waals surface area contributed by atoms with E-state index in [0.717, 1.165) is 5.56 Å². The van der Waals surface area contributed by atoms with Crippen LogP contribution in [0.15, 0.2) is 30.3 Å². The molecule has 0 aliphatic carbocycles. The molecule has 2 rings (SSSR count). The lowest BCUT2D eigenvalue weighted by atomic mass is 9.90. The standard InChI is InChI=1S/C15H20N2O4/c16-14(18)12-7-6-11(8-17-12)13(15(19)20)21-9-10-4-2-1-3-5-10/h1-5,11-13,17H,6-9H2,(H2,16,18)(H,19,20)/t11-,12+,13+/m1/s1. The molecular weight excluding hydrogens is 272 g/mol. The lowest BCUT2D eigenvalue weighted by Crippen LogP contribution is -2.50. The highest BCUT2D eigenvalue weighted by Gasteiger charge is 2.33. The van der Waals surface area contributed by atoms with Gasteiger partial charge in [0.1, 0.15) is 0 Å². The minimum absolute atomic E-state index is 0.165. The number of primary amides is 1. The molecule has 1 aliphatic heterocycles. The van der Waals surface area contributed by atoms with Gasteiger partial charge in [-0.3, -0.25) is 4.79 Å². The van der Waals surface area contributed by atoms with Crippen LogP contribution in [0, 0.1) is 5.92 Å². The summed E-state index contributed by atoms with van der Waals surface area (Å²) in [5.41, 5.74) is 6.17. The number of carbonyl (C=O) groups is 2. The summed E-state index contributed by atoms with van der Waals surface area (Å²) in [7, 11) is 0. The van der Waals surface area contributed by atoms with Crippen molar-refractivity contribution in [3.8, 4) is 0 Å². The number of piperidine rings is 1. The Kier molecular flexibility index (Phi) is 5.30. The molecule has 0 radical (unpaired) electrons. The van der Waals surface area contributed by atoms with Crippen molar-refractivity contribution in [2.45, 2.75) is 31.6 Å². The molecule has 4 N–H and O–H groups in total. The fourth-order valence-corrected chi connectivity index (χ4v) is 2.55. The molecule has 0 unspecified atom stereocenters. The van der Waals surface area contributed by atoms with E-state index in [0.29, 0.717) is 19.4 Å². The van der Waals surface area contributed by atoms with Gasteiger partial charge in [0.15, 0.2) is 6.10 Å². The summed E-state index contributed by atoms with van der Waals surface area (Å²) in [6.07, 6.45) is 0.261. The first-order valence-corrected chi connectivity index (χ1v) is 6.99. The second kappa shape index (κ2) is 7.19. The van der Waals surface area contributed by atoms with Gasteiger partial charge in [0.25, 0.3) is 0 Å². The van der Waals surface area contributed by atoms with Crippen LogP contribution in [0.4, 0.5) is 0 Å². The number of carboxylic acid groups (broad SMARTS) is 1. The average Bonchev–Trinajstić information content (AvgIpc) is 2.48. The van der Waals surface area contributed by atoms with Crippen molar-refractivity contribution >= 4 is 11.9 Å². The van der Waals surface area contributed by atoms with Gasteiger partial charge in [-0.2, -0.15) is 0 Å². The molecule has 1 aliphatic rings. The fraction of sp³-hybridized carbons (Fsp3) is 0.467. The van der Waals surface area contributed by atoms with Gasteiger partial charge in [-0.15, -0.1) is 0 Å². The van der Waals surface area contributed by atoms with Crippen LogP contribution >= 0.6 is 0 Å². The topological polar surface area (TPSA) is 102 Å². The third kappa shape index (κ3) is 4.27. The number of amides is 1. The van der Waals surface area contributed by atoms with E-state index in [4.69, 9.17) is 10.5 Å². The number of benzene rings is 1. The molecule has 21 heavy (non-hydrogen) atoms. The van der Waals surface area contributed by atoms with Crippen LogP contribution < -0.4 is 11.1 Å². The van der Waals surface area contributed by atoms with E-state index >= 15 is 0 Å². The van der Waals surface area contributed by atoms with Crippen LogP contribution in [-0.4, -0.2) is 35.7 Å². The Bertz CT molecular complexity index is 484. The van der Waals surface area contributed by atoms with E-state index in [9.17, 15) is 14.7 Å². The Morgan fingerprint density at radius 2 is 2.05 bits per heavy atom. The minimum Gasteiger partial charge on any atom is -0.479 e. The molecular formula is C15H20N2O4. The number of hydrogen-bond donors (Lipinski definition) is 3. The smallest absolute Gasteiger partial charge is 0.333 e. The zero-order valence-corrected chi connectivity index (χ0v) is 11.7. The molecule has 0 bridgehead atoms. The highest BCUT2D eigenvalue weighted by molar-refractivity contribution is 5.80. The first-order valence-electron chi connectivity index (χ1n) is 6.99. The van der Waals surface area contributed by atoms with Crippen molar-refractivity contribution < 1.29 is 19.4 Å². The molecule has 0 spiro atoms. The minimum atomic E-state index is -0.977. The second-order valence-electron chi connectivity index (χ2n) is 5.26. The molecule has 1 amide bonds. The summed E-state index contributed by atoms with van der Waals surface area (Å²) in [5, 5.41) is 12.3. The van der Waals surface area contributed by atoms with Crippen molar-refractivity contribution in [1.82, 2.24) is 5.32 Å². The van der Waals surface area contributed by atoms with Crippen molar-refractivity contribution in [2.24, 2.45) is 11.7 Å². The van der Waals surface area contributed by atoms with Gasteiger partial charge < -0.3 is 20.9 Å². The highest BCUT2D eigenvalue weighted by atomic mass is 16.5. The number of carboxylic acids is 1. The van der Waals surface area contributed by atoms with Crippen LogP contribution in [-0.2, 0) is 20.9 Å². The third-order valence-corrected chi connectivity index (χ3v) is 3.74. The van der Waals surface area contributed by atoms with Gasteiger partial charge in [0, 0.05) is 12.5 Å². The Morgan fingerprint density at radius 3 is 2.57 bits per heavy atom. The zero-order valence-electron chi connectivity index (χ0n) is 11.7. The van der Waals surface area contributed by atoms with Crippen LogP contribution in [0.5, 0.6) is 0 Å². The van der Waals surface area contributed by atoms with E-state index in [-0.39, 0.29) is 18.6 Å². The summed E-state index contributed by atoms with van der Waals surface area (Å²) >= 11 is 0. The van der Waals surface area contributed by atoms with Crippen LogP contribution in [0.1, 0.15) is 18.4 Å². The molecule has 1 aromatic rings. The molecule has 6 nitrogen and oxygen atoms in total. The maximum Gasteiger partial charge on any atom is 0.333 e. The van der Waals surface area contributed by atoms with Gasteiger partial charge in [-0.1, -0.05) is 30.3 Å². The predicted octanol–water partition coefficient (Wildman–Crippen LogP) is 0.510. The highest BCUT2D eigenvalue weighted by Crippen LogP contribution is 2.21. The number of nitrogens with two attached hydrogens (primary N) is 1. The normalized spacial score (nSPS) is 23.4. The molecule has 1 aromatic carbocycles. The van der Waals surface area contributed by atoms with E-state index in [1.54, 1.807) is 0 Å². The van der Waals surface area contributed by atoms with E-state index in [2.05, 4.69) is 5.32 Å². The monoisotopic (exact) mass is 292 g/mol. The van der Waals surface area contributed by atoms with Gasteiger partial charge in [0.05, 0.1) is 12.6 Å². The van der Waals surface area contributed by atoms with Crippen molar-refractivity contribution in [1.29, 1.82) is 0 Å². The lowest BCUT2D eigenvalue weighted by molar-refractivity contribution is -0.156. The largest absolute Gasteiger partial charge is 0.479 e. The summed E-state index contributed by atoms with van der Waals surface area (Å²) < 4.78 is 5.57. The van der Waals surface area contributed by atoms with Gasteiger partial charge in [0.2, 0.25) is 5.91 Å². The van der Waals surface area contributed by atoms with E-state index in [1.165, 1.54) is 0 Å². The molecule has 1 fully saturated rings. The molecule has 3 atom stereocenters. The molecule has 114 valence electrons. The number of ether oxygens (including phenoxy) is 1. The number of rotatable bonds is 6. The molecule has 1 saturated heterocycles. The maximum atomic E-state index is 11.4. The van der Waals surface area contributed by atoms with Gasteiger partial charge in [-0.25, -0.2) is 4.79 Å². The Balaban J connectivity index is 1.91. The van der Waals surface area contributed by atoms with Crippen molar-refractivity contribution in [3.63, 3.8) is 0 Å². The SMILES string of the molecule is NC(=O)[C@@H]1CC[C@@H]([C@H](OCc2ccccc2)C(=O)O)CN1. The predicted molar refractivity (Wildman–Crippen MR) is 76.4 cm³/mol. The summed E-state index contributed by atoms with van der Waals surface area (Å²) in [6, 6.07) is 9.07. The summed E-state index contributed by atoms with van der Waals surface area (Å²) in [5.74, 6) is -1.54. The number of hydrogen-bond acceptors (Lipinski definition) is 4. The molecule has 6 heteroatoms. The van der Waals surface area contributed by atoms with Crippen molar-refractivity contribution in [2.75, 3.05) is 6.54 Å². The molecule has 0 aromatic heterocycles. The van der Waals surface area contributed by atoms with Gasteiger partial charge >= 0.3 is 5.97 Å². The van der Waals surface area contributed by atoms with Gasteiger partial charge in [-0.05, 0) is 18.4 Å². The quantitative estimate of drug-likeness (QED) is 0.709. The number of nitrogens with one attached hydrogen (secondary N) is 1. The summed E-state index contributed by atoms with van der Waals surface area (Å²) in [4.78, 5) is 22.5. The Morgan fingerprint density at radius 1 is 1.33 bits per heavy atom. The fourth-order valence-electron chi connectivity index (χ4n) is 2.55. The first kappa shape index (κ1) is 15.5. The average molecular weight is 292 g/mol. The number of carbonyl (C=O) groups excluding carboxylic acids is 1. The summed E-state index contributed by atoms with van der Waals surface area (Å²) in [6.45, 7) is 0.674. The van der Waals surface area contributed by atoms with Crippen LogP contribution in [0.25, 0.3) is 0 Å². The Hall–Kier alpha value is -1.92. The second-order valence-corrected chi connectivity index (χ2v) is 5.26. The van der Waals surface area contributed by atoms with Crippen LogP contribution in [0.3, 0.4) is 0 Å². The number of aliphatic carboxylic acids is 1. The van der Waals surface area contributed by atoms with E-state index < -0.39 is 18.0 Å². The third-order valence-electron chi connectivity index (χ3n) is 3.74. The molecule has 0 saturated carbocycles. The lowest BCUT2D eigenvalue weighted by Gasteiger charge is -2.31. The van der Waals surface area contributed by atoms with E-state index in [1.807, 2.05) is 30.3 Å². The first-order chi connectivity index (χ1) is 10.1. The molecule has 1 heterocycles.